The number of rotatable bonds is 4. The minimum absolute atomic E-state index is 0.0995. The van der Waals surface area contributed by atoms with Gasteiger partial charge in [-0.15, -0.1) is 0 Å². The highest BCUT2D eigenvalue weighted by atomic mass is 35.5. The molecule has 0 fully saturated rings. The van der Waals surface area contributed by atoms with Crippen LogP contribution in [-0.4, -0.2) is 21.0 Å². The molecule has 1 aromatic carbocycles. The molecule has 0 bridgehead atoms. The lowest BCUT2D eigenvalue weighted by molar-refractivity contribution is -0.136. The van der Waals surface area contributed by atoms with Crippen LogP contribution in [0.1, 0.15) is 12.1 Å². The predicted octanol–water partition coefficient (Wildman–Crippen LogP) is 2.75. The number of aryl methyl sites for hydroxylation is 1. The number of hydrogen-bond acceptors (Lipinski definition) is 2. The van der Waals surface area contributed by atoms with E-state index >= 15 is 0 Å². The maximum absolute atomic E-state index is 10.4. The molecule has 0 unspecified atom stereocenters. The van der Waals surface area contributed by atoms with Crippen molar-refractivity contribution >= 4 is 17.6 Å². The Morgan fingerprint density at radius 2 is 2.06 bits per heavy atom. The van der Waals surface area contributed by atoms with Crippen LogP contribution in [0.3, 0.4) is 0 Å². The van der Waals surface area contributed by atoms with Gasteiger partial charge in [-0.05, 0) is 30.7 Å². The minimum Gasteiger partial charge on any atom is -0.481 e. The molecular formula is C12H11ClN2O2. The molecule has 0 aliphatic carbocycles. The number of hydrogen-bond donors (Lipinski definition) is 2. The van der Waals surface area contributed by atoms with E-state index in [1.54, 1.807) is 18.3 Å². The van der Waals surface area contributed by atoms with E-state index in [0.717, 1.165) is 17.1 Å². The summed E-state index contributed by atoms with van der Waals surface area (Å²) in [6.07, 6.45) is 2.21. The number of carbonyl (C=O) groups is 1. The van der Waals surface area contributed by atoms with Crippen LogP contribution in [0.15, 0.2) is 30.5 Å². The summed E-state index contributed by atoms with van der Waals surface area (Å²) in [5.41, 5.74) is 1.74. The van der Waals surface area contributed by atoms with E-state index < -0.39 is 5.97 Å². The number of carboxylic acid groups (broad SMARTS) is 1. The van der Waals surface area contributed by atoms with Gasteiger partial charge in [0.1, 0.15) is 5.82 Å². The Kier molecular flexibility index (Phi) is 3.44. The molecule has 1 heterocycles. The Morgan fingerprint density at radius 3 is 2.71 bits per heavy atom. The fraction of sp³-hybridized carbons (Fsp3) is 0.167. The van der Waals surface area contributed by atoms with Gasteiger partial charge in [0.25, 0.3) is 0 Å². The monoisotopic (exact) mass is 250 g/mol. The van der Waals surface area contributed by atoms with Crippen molar-refractivity contribution < 1.29 is 9.90 Å². The molecule has 0 amide bonds. The SMILES string of the molecule is O=C(O)CCc1cnc(-c2ccc(Cl)cc2)[nH]1. The molecule has 17 heavy (non-hydrogen) atoms. The van der Waals surface area contributed by atoms with Crippen molar-refractivity contribution in [3.8, 4) is 11.4 Å². The number of imidazole rings is 1. The predicted molar refractivity (Wildman–Crippen MR) is 65.0 cm³/mol. The van der Waals surface area contributed by atoms with Crippen LogP contribution in [0.2, 0.25) is 5.02 Å². The Labute approximate surface area is 103 Å². The molecule has 0 saturated heterocycles. The average Bonchev–Trinajstić information content (AvgIpc) is 2.76. The number of aromatic nitrogens is 2. The Hall–Kier alpha value is -1.81. The second kappa shape index (κ2) is 5.01. The third kappa shape index (κ3) is 3.07. The van der Waals surface area contributed by atoms with Gasteiger partial charge >= 0.3 is 5.97 Å². The quantitative estimate of drug-likeness (QED) is 0.877. The van der Waals surface area contributed by atoms with Gasteiger partial charge in [-0.25, -0.2) is 4.98 Å². The summed E-state index contributed by atoms with van der Waals surface area (Å²) in [6.45, 7) is 0. The second-order valence-corrected chi connectivity index (χ2v) is 4.09. The van der Waals surface area contributed by atoms with Crippen molar-refractivity contribution in [3.63, 3.8) is 0 Å². The van der Waals surface area contributed by atoms with Gasteiger partial charge in [0.2, 0.25) is 0 Å². The molecule has 0 atom stereocenters. The van der Waals surface area contributed by atoms with Crippen LogP contribution in [0.25, 0.3) is 11.4 Å². The summed E-state index contributed by atoms with van der Waals surface area (Å²) in [6, 6.07) is 7.30. The first kappa shape index (κ1) is 11.7. The summed E-state index contributed by atoms with van der Waals surface area (Å²) in [5, 5.41) is 9.25. The highest BCUT2D eigenvalue weighted by Gasteiger charge is 2.05. The van der Waals surface area contributed by atoms with E-state index in [0.29, 0.717) is 11.4 Å². The van der Waals surface area contributed by atoms with Crippen molar-refractivity contribution in [1.29, 1.82) is 0 Å². The summed E-state index contributed by atoms with van der Waals surface area (Å²) >= 11 is 5.79. The zero-order chi connectivity index (χ0) is 12.3. The number of aromatic amines is 1. The first-order valence-corrected chi connectivity index (χ1v) is 5.54. The second-order valence-electron chi connectivity index (χ2n) is 3.66. The van der Waals surface area contributed by atoms with Crippen molar-refractivity contribution in [2.75, 3.05) is 0 Å². The van der Waals surface area contributed by atoms with Crippen LogP contribution in [0.4, 0.5) is 0 Å². The third-order valence-electron chi connectivity index (χ3n) is 2.35. The van der Waals surface area contributed by atoms with Crippen LogP contribution < -0.4 is 0 Å². The van der Waals surface area contributed by atoms with Gasteiger partial charge in [-0.1, -0.05) is 11.6 Å². The van der Waals surface area contributed by atoms with Crippen molar-refractivity contribution in [2.45, 2.75) is 12.8 Å². The maximum Gasteiger partial charge on any atom is 0.303 e. The Morgan fingerprint density at radius 1 is 1.35 bits per heavy atom. The van der Waals surface area contributed by atoms with Crippen LogP contribution >= 0.6 is 11.6 Å². The maximum atomic E-state index is 10.4. The third-order valence-corrected chi connectivity index (χ3v) is 2.61. The van der Waals surface area contributed by atoms with E-state index in [2.05, 4.69) is 9.97 Å². The lowest BCUT2D eigenvalue weighted by Gasteiger charge is -1.97. The van der Waals surface area contributed by atoms with E-state index in [1.807, 2.05) is 12.1 Å². The fourth-order valence-corrected chi connectivity index (χ4v) is 1.61. The van der Waals surface area contributed by atoms with Gasteiger partial charge < -0.3 is 10.1 Å². The molecule has 88 valence electrons. The standard InChI is InChI=1S/C12H11ClN2O2/c13-9-3-1-8(2-4-9)12-14-7-10(15-12)5-6-11(16)17/h1-4,7H,5-6H2,(H,14,15)(H,16,17). The van der Waals surface area contributed by atoms with Crippen LogP contribution in [0.5, 0.6) is 0 Å². The Bertz CT molecular complexity index is 520. The lowest BCUT2D eigenvalue weighted by atomic mass is 10.2. The highest BCUT2D eigenvalue weighted by Crippen LogP contribution is 2.18. The number of nitrogens with one attached hydrogen (secondary N) is 1. The first-order valence-electron chi connectivity index (χ1n) is 5.17. The highest BCUT2D eigenvalue weighted by molar-refractivity contribution is 6.30. The number of H-pyrrole nitrogens is 1. The first-order chi connectivity index (χ1) is 8.15. The molecule has 2 aromatic rings. The van der Waals surface area contributed by atoms with Crippen molar-refractivity contribution in [1.82, 2.24) is 9.97 Å². The van der Waals surface area contributed by atoms with Gasteiger partial charge in [0.15, 0.2) is 0 Å². The fourth-order valence-electron chi connectivity index (χ4n) is 1.48. The van der Waals surface area contributed by atoms with Crippen LogP contribution in [-0.2, 0) is 11.2 Å². The van der Waals surface area contributed by atoms with Gasteiger partial charge in [0, 0.05) is 22.5 Å². The Balaban J connectivity index is 2.12. The molecule has 1 aromatic heterocycles. The molecule has 0 aliphatic rings. The number of benzene rings is 1. The van der Waals surface area contributed by atoms with Gasteiger partial charge in [-0.3, -0.25) is 4.79 Å². The molecule has 2 N–H and O–H groups in total. The van der Waals surface area contributed by atoms with Gasteiger partial charge in [0.05, 0.1) is 6.42 Å². The molecule has 4 nitrogen and oxygen atoms in total. The molecule has 0 aliphatic heterocycles. The van der Waals surface area contributed by atoms with Gasteiger partial charge in [-0.2, -0.15) is 0 Å². The minimum atomic E-state index is -0.812. The largest absolute Gasteiger partial charge is 0.481 e. The van der Waals surface area contributed by atoms with Crippen LogP contribution in [0, 0.1) is 0 Å². The summed E-state index contributed by atoms with van der Waals surface area (Å²) in [5.74, 6) is -0.0882. The summed E-state index contributed by atoms with van der Waals surface area (Å²) in [4.78, 5) is 17.7. The number of carboxylic acids is 1. The number of halogens is 1. The summed E-state index contributed by atoms with van der Waals surface area (Å²) in [7, 11) is 0. The molecule has 5 heteroatoms. The normalized spacial score (nSPS) is 10.4. The van der Waals surface area contributed by atoms with Crippen molar-refractivity contribution in [3.05, 3.63) is 41.2 Å². The molecule has 2 rings (SSSR count). The molecule has 0 radical (unpaired) electrons. The smallest absolute Gasteiger partial charge is 0.303 e. The zero-order valence-electron chi connectivity index (χ0n) is 8.98. The molecular weight excluding hydrogens is 240 g/mol. The van der Waals surface area contributed by atoms with E-state index in [-0.39, 0.29) is 6.42 Å². The van der Waals surface area contributed by atoms with E-state index in [9.17, 15) is 4.79 Å². The molecule has 0 saturated carbocycles. The summed E-state index contributed by atoms with van der Waals surface area (Å²) < 4.78 is 0. The number of aliphatic carboxylic acids is 1. The van der Waals surface area contributed by atoms with Crippen molar-refractivity contribution in [2.24, 2.45) is 0 Å². The average molecular weight is 251 g/mol. The van der Waals surface area contributed by atoms with E-state index in [4.69, 9.17) is 16.7 Å². The zero-order valence-corrected chi connectivity index (χ0v) is 9.74. The topological polar surface area (TPSA) is 66.0 Å². The van der Waals surface area contributed by atoms with E-state index in [1.165, 1.54) is 0 Å². The number of nitrogens with zero attached hydrogens (tertiary/aromatic N) is 1. The lowest BCUT2D eigenvalue weighted by Crippen LogP contribution is -1.97. The molecule has 0 spiro atoms.